The van der Waals surface area contributed by atoms with Crippen LogP contribution >= 0.6 is 0 Å². The van der Waals surface area contributed by atoms with Crippen molar-refractivity contribution >= 4 is 5.97 Å². The molecule has 0 aromatic carbocycles. The molecule has 0 rings (SSSR count). The summed E-state index contributed by atoms with van der Waals surface area (Å²) in [5.74, 6) is -0.203. The standard InChI is InChI=1S/C13H27NO2/c1-7-11(8-2)14-9-10(3)12(15)16-13(4,5)6/h10-11,14H,7-9H2,1-6H3/t10-/m1/s1. The van der Waals surface area contributed by atoms with Gasteiger partial charge in [0.05, 0.1) is 5.92 Å². The lowest BCUT2D eigenvalue weighted by Crippen LogP contribution is -2.37. The van der Waals surface area contributed by atoms with Crippen LogP contribution in [-0.4, -0.2) is 24.2 Å². The molecule has 0 aliphatic carbocycles. The van der Waals surface area contributed by atoms with Crippen LogP contribution in [0.2, 0.25) is 0 Å². The fourth-order valence-electron chi connectivity index (χ4n) is 1.41. The third kappa shape index (κ3) is 6.83. The van der Waals surface area contributed by atoms with E-state index in [0.29, 0.717) is 12.6 Å². The van der Waals surface area contributed by atoms with Crippen molar-refractivity contribution in [2.24, 2.45) is 5.92 Å². The molecule has 0 aliphatic rings. The van der Waals surface area contributed by atoms with Crippen LogP contribution in [0.3, 0.4) is 0 Å². The average Bonchev–Trinajstić information content (AvgIpc) is 2.16. The molecule has 3 heteroatoms. The molecule has 0 spiro atoms. The second-order valence-electron chi connectivity index (χ2n) is 5.36. The van der Waals surface area contributed by atoms with Gasteiger partial charge in [-0.1, -0.05) is 20.8 Å². The van der Waals surface area contributed by atoms with Crippen LogP contribution in [0.25, 0.3) is 0 Å². The van der Waals surface area contributed by atoms with Gasteiger partial charge in [-0.2, -0.15) is 0 Å². The van der Waals surface area contributed by atoms with E-state index < -0.39 is 0 Å². The Hall–Kier alpha value is -0.570. The Morgan fingerprint density at radius 2 is 1.75 bits per heavy atom. The highest BCUT2D eigenvalue weighted by Crippen LogP contribution is 2.11. The third-order valence-electron chi connectivity index (χ3n) is 2.51. The normalized spacial score (nSPS) is 13.9. The van der Waals surface area contributed by atoms with Crippen molar-refractivity contribution in [3.8, 4) is 0 Å². The number of carbonyl (C=O) groups excluding carboxylic acids is 1. The Kier molecular flexibility index (Phi) is 6.65. The first-order valence-electron chi connectivity index (χ1n) is 6.26. The molecule has 0 unspecified atom stereocenters. The van der Waals surface area contributed by atoms with Gasteiger partial charge in [0.25, 0.3) is 0 Å². The summed E-state index contributed by atoms with van der Waals surface area (Å²) >= 11 is 0. The predicted octanol–water partition coefficient (Wildman–Crippen LogP) is 2.74. The van der Waals surface area contributed by atoms with Gasteiger partial charge in [0.15, 0.2) is 0 Å². The van der Waals surface area contributed by atoms with Crippen molar-refractivity contribution in [1.29, 1.82) is 0 Å². The Balaban J connectivity index is 3.97. The molecule has 0 saturated heterocycles. The number of hydrogen-bond acceptors (Lipinski definition) is 3. The first kappa shape index (κ1) is 15.4. The zero-order chi connectivity index (χ0) is 12.8. The molecule has 1 N–H and O–H groups in total. The summed E-state index contributed by atoms with van der Waals surface area (Å²) in [5.41, 5.74) is -0.389. The monoisotopic (exact) mass is 229 g/mol. The molecule has 0 fully saturated rings. The number of hydrogen-bond donors (Lipinski definition) is 1. The lowest BCUT2D eigenvalue weighted by Gasteiger charge is -2.23. The Bertz CT molecular complexity index is 204. The summed E-state index contributed by atoms with van der Waals surface area (Å²) in [7, 11) is 0. The highest BCUT2D eigenvalue weighted by Gasteiger charge is 2.21. The van der Waals surface area contributed by atoms with Crippen molar-refractivity contribution in [3.63, 3.8) is 0 Å². The largest absolute Gasteiger partial charge is 0.460 e. The summed E-state index contributed by atoms with van der Waals surface area (Å²) < 4.78 is 5.32. The van der Waals surface area contributed by atoms with Crippen molar-refractivity contribution < 1.29 is 9.53 Å². The fourth-order valence-corrected chi connectivity index (χ4v) is 1.41. The van der Waals surface area contributed by atoms with Gasteiger partial charge >= 0.3 is 5.97 Å². The maximum atomic E-state index is 11.7. The number of ether oxygens (including phenoxy) is 1. The molecule has 16 heavy (non-hydrogen) atoms. The number of carbonyl (C=O) groups is 1. The number of rotatable bonds is 6. The molecule has 0 aromatic heterocycles. The Morgan fingerprint density at radius 1 is 1.25 bits per heavy atom. The lowest BCUT2D eigenvalue weighted by atomic mass is 10.1. The molecule has 0 aromatic rings. The van der Waals surface area contributed by atoms with Crippen molar-refractivity contribution in [2.45, 2.75) is 66.0 Å². The van der Waals surface area contributed by atoms with Gasteiger partial charge in [-0.25, -0.2) is 0 Å². The van der Waals surface area contributed by atoms with Gasteiger partial charge < -0.3 is 10.1 Å². The molecule has 0 radical (unpaired) electrons. The van der Waals surface area contributed by atoms with Crippen molar-refractivity contribution in [1.82, 2.24) is 5.32 Å². The minimum absolute atomic E-state index is 0.0835. The zero-order valence-electron chi connectivity index (χ0n) is 11.6. The van der Waals surface area contributed by atoms with Crippen molar-refractivity contribution in [3.05, 3.63) is 0 Å². The predicted molar refractivity (Wildman–Crippen MR) is 67.4 cm³/mol. The maximum absolute atomic E-state index is 11.7. The van der Waals surface area contributed by atoms with E-state index in [1.807, 2.05) is 27.7 Å². The second kappa shape index (κ2) is 6.89. The third-order valence-corrected chi connectivity index (χ3v) is 2.51. The van der Waals surface area contributed by atoms with E-state index >= 15 is 0 Å². The van der Waals surface area contributed by atoms with Gasteiger partial charge in [0, 0.05) is 12.6 Å². The van der Waals surface area contributed by atoms with Crippen LogP contribution in [-0.2, 0) is 9.53 Å². The van der Waals surface area contributed by atoms with E-state index in [4.69, 9.17) is 4.74 Å². The average molecular weight is 229 g/mol. The van der Waals surface area contributed by atoms with E-state index in [0.717, 1.165) is 12.8 Å². The summed E-state index contributed by atoms with van der Waals surface area (Å²) in [6.45, 7) is 12.6. The van der Waals surface area contributed by atoms with Crippen LogP contribution in [0.15, 0.2) is 0 Å². The van der Waals surface area contributed by atoms with Crippen LogP contribution < -0.4 is 5.32 Å². The van der Waals surface area contributed by atoms with Gasteiger partial charge in [-0.3, -0.25) is 4.79 Å². The number of esters is 1. The van der Waals surface area contributed by atoms with Gasteiger partial charge in [-0.15, -0.1) is 0 Å². The quantitative estimate of drug-likeness (QED) is 0.712. The van der Waals surface area contributed by atoms with Gasteiger partial charge in [-0.05, 0) is 33.6 Å². The highest BCUT2D eigenvalue weighted by molar-refractivity contribution is 5.72. The van der Waals surface area contributed by atoms with Crippen LogP contribution in [0.1, 0.15) is 54.4 Å². The van der Waals surface area contributed by atoms with Crippen LogP contribution in [0.4, 0.5) is 0 Å². The molecule has 0 amide bonds. The van der Waals surface area contributed by atoms with Gasteiger partial charge in [0.2, 0.25) is 0 Å². The number of nitrogens with one attached hydrogen (secondary N) is 1. The van der Waals surface area contributed by atoms with Crippen molar-refractivity contribution in [2.75, 3.05) is 6.54 Å². The van der Waals surface area contributed by atoms with Crippen LogP contribution in [0, 0.1) is 5.92 Å². The summed E-state index contributed by atoms with van der Waals surface area (Å²) in [6.07, 6.45) is 2.19. The Morgan fingerprint density at radius 3 is 2.12 bits per heavy atom. The minimum atomic E-state index is -0.389. The first-order valence-corrected chi connectivity index (χ1v) is 6.26. The summed E-state index contributed by atoms with van der Waals surface area (Å²) in [4.78, 5) is 11.7. The van der Waals surface area contributed by atoms with E-state index in [1.54, 1.807) is 0 Å². The van der Waals surface area contributed by atoms with Crippen LogP contribution in [0.5, 0.6) is 0 Å². The first-order chi connectivity index (χ1) is 7.30. The zero-order valence-corrected chi connectivity index (χ0v) is 11.6. The van der Waals surface area contributed by atoms with E-state index in [9.17, 15) is 4.79 Å². The van der Waals surface area contributed by atoms with E-state index in [2.05, 4.69) is 19.2 Å². The second-order valence-corrected chi connectivity index (χ2v) is 5.36. The van der Waals surface area contributed by atoms with E-state index in [-0.39, 0.29) is 17.5 Å². The highest BCUT2D eigenvalue weighted by atomic mass is 16.6. The smallest absolute Gasteiger partial charge is 0.310 e. The minimum Gasteiger partial charge on any atom is -0.460 e. The topological polar surface area (TPSA) is 38.3 Å². The molecule has 96 valence electrons. The molecular formula is C13H27NO2. The Labute approximate surface area is 99.9 Å². The molecule has 0 bridgehead atoms. The summed E-state index contributed by atoms with van der Waals surface area (Å²) in [5, 5.41) is 3.38. The molecule has 0 saturated carbocycles. The molecule has 1 atom stereocenters. The SMILES string of the molecule is CCC(CC)NC[C@@H](C)C(=O)OC(C)(C)C. The molecule has 0 heterocycles. The van der Waals surface area contributed by atoms with E-state index in [1.165, 1.54) is 0 Å². The fraction of sp³-hybridized carbons (Fsp3) is 0.923. The molecular weight excluding hydrogens is 202 g/mol. The molecule has 0 aliphatic heterocycles. The van der Waals surface area contributed by atoms with Gasteiger partial charge in [0.1, 0.15) is 5.60 Å². The summed E-state index contributed by atoms with van der Waals surface area (Å²) in [6, 6.07) is 0.505. The maximum Gasteiger partial charge on any atom is 0.310 e. The molecule has 3 nitrogen and oxygen atoms in total. The lowest BCUT2D eigenvalue weighted by molar-refractivity contribution is -0.159.